The third-order valence-corrected chi connectivity index (χ3v) is 4.67. The molecule has 0 radical (unpaired) electrons. The minimum atomic E-state index is 0.0570. The van der Waals surface area contributed by atoms with Crippen LogP contribution in [0.25, 0.3) is 0 Å². The van der Waals surface area contributed by atoms with E-state index in [4.69, 9.17) is 0 Å². The highest BCUT2D eigenvalue weighted by Crippen LogP contribution is 2.34. The molecule has 0 saturated carbocycles. The molecule has 2 amide bonds. The number of hydrogen-bond donors (Lipinski definition) is 2. The fourth-order valence-corrected chi connectivity index (χ4v) is 2.77. The Morgan fingerprint density at radius 1 is 0.667 bits per heavy atom. The van der Waals surface area contributed by atoms with Gasteiger partial charge in [0.05, 0.1) is 0 Å². The standard InChI is InChI=1S/C20H32N2O2/c1-7-9-11-17(23)21-19-13(3)15(5)20(16(6)14(19)4)22-18(24)12-10-8-2/h7-12H2,1-6H3,(H,21,23)(H,22,24). The minimum absolute atomic E-state index is 0.0570. The first-order valence-electron chi connectivity index (χ1n) is 9.03. The highest BCUT2D eigenvalue weighted by atomic mass is 16.2. The summed E-state index contributed by atoms with van der Waals surface area (Å²) < 4.78 is 0. The SMILES string of the molecule is CCCCC(=O)Nc1c(C)c(C)c(NC(=O)CCCC)c(C)c1C. The van der Waals surface area contributed by atoms with Crippen LogP contribution in [0.1, 0.15) is 74.6 Å². The van der Waals surface area contributed by atoms with Crippen LogP contribution < -0.4 is 10.6 Å². The van der Waals surface area contributed by atoms with Gasteiger partial charge in [0, 0.05) is 24.2 Å². The van der Waals surface area contributed by atoms with Crippen molar-refractivity contribution in [1.29, 1.82) is 0 Å². The van der Waals surface area contributed by atoms with Crippen LogP contribution in [0.5, 0.6) is 0 Å². The lowest BCUT2D eigenvalue weighted by molar-refractivity contribution is -0.117. The normalized spacial score (nSPS) is 10.6. The van der Waals surface area contributed by atoms with E-state index in [1.54, 1.807) is 0 Å². The van der Waals surface area contributed by atoms with E-state index < -0.39 is 0 Å². The molecule has 0 fully saturated rings. The Hall–Kier alpha value is -1.84. The number of anilines is 2. The van der Waals surface area contributed by atoms with Gasteiger partial charge in [-0.05, 0) is 62.8 Å². The monoisotopic (exact) mass is 332 g/mol. The van der Waals surface area contributed by atoms with Crippen LogP contribution in [0.4, 0.5) is 11.4 Å². The largest absolute Gasteiger partial charge is 0.326 e. The number of nitrogens with one attached hydrogen (secondary N) is 2. The molecular weight excluding hydrogens is 300 g/mol. The Kier molecular flexibility index (Phi) is 7.96. The first kappa shape index (κ1) is 20.2. The van der Waals surface area contributed by atoms with Crippen molar-refractivity contribution < 1.29 is 9.59 Å². The van der Waals surface area contributed by atoms with Crippen LogP contribution in [0, 0.1) is 27.7 Å². The lowest BCUT2D eigenvalue weighted by Crippen LogP contribution is -2.17. The number of carbonyl (C=O) groups excluding carboxylic acids is 2. The second-order valence-electron chi connectivity index (χ2n) is 6.55. The van der Waals surface area contributed by atoms with Gasteiger partial charge in [-0.2, -0.15) is 0 Å². The molecule has 4 heteroatoms. The molecule has 1 aromatic rings. The minimum Gasteiger partial charge on any atom is -0.326 e. The zero-order valence-electron chi connectivity index (χ0n) is 16.1. The quantitative estimate of drug-likeness (QED) is 0.689. The van der Waals surface area contributed by atoms with E-state index in [9.17, 15) is 9.59 Å². The number of carbonyl (C=O) groups is 2. The van der Waals surface area contributed by atoms with Gasteiger partial charge < -0.3 is 10.6 Å². The summed E-state index contributed by atoms with van der Waals surface area (Å²) >= 11 is 0. The molecule has 0 unspecified atom stereocenters. The average molecular weight is 332 g/mol. The third-order valence-electron chi connectivity index (χ3n) is 4.67. The van der Waals surface area contributed by atoms with Gasteiger partial charge in [-0.3, -0.25) is 9.59 Å². The molecule has 1 aromatic carbocycles. The molecule has 0 aliphatic carbocycles. The molecule has 0 saturated heterocycles. The number of benzene rings is 1. The van der Waals surface area contributed by atoms with Gasteiger partial charge in [0.2, 0.25) is 11.8 Å². The predicted molar refractivity (Wildman–Crippen MR) is 102 cm³/mol. The van der Waals surface area contributed by atoms with Gasteiger partial charge in [0.25, 0.3) is 0 Å². The second-order valence-corrected chi connectivity index (χ2v) is 6.55. The molecule has 4 nitrogen and oxygen atoms in total. The summed E-state index contributed by atoms with van der Waals surface area (Å²) in [5, 5.41) is 6.12. The van der Waals surface area contributed by atoms with E-state index in [-0.39, 0.29) is 11.8 Å². The van der Waals surface area contributed by atoms with E-state index in [0.29, 0.717) is 12.8 Å². The van der Waals surface area contributed by atoms with Crippen LogP contribution in [0.3, 0.4) is 0 Å². The smallest absolute Gasteiger partial charge is 0.224 e. The Balaban J connectivity index is 3.07. The van der Waals surface area contributed by atoms with Gasteiger partial charge in [-0.15, -0.1) is 0 Å². The Morgan fingerprint density at radius 2 is 0.958 bits per heavy atom. The van der Waals surface area contributed by atoms with Crippen molar-refractivity contribution in [3.05, 3.63) is 22.3 Å². The summed E-state index contributed by atoms with van der Waals surface area (Å²) in [4.78, 5) is 24.2. The molecule has 0 bridgehead atoms. The predicted octanol–water partition coefficient (Wildman–Crippen LogP) is 5.18. The van der Waals surface area contributed by atoms with E-state index in [2.05, 4.69) is 24.5 Å². The number of hydrogen-bond acceptors (Lipinski definition) is 2. The second kappa shape index (κ2) is 9.45. The summed E-state index contributed by atoms with van der Waals surface area (Å²) in [5.41, 5.74) is 5.86. The fourth-order valence-electron chi connectivity index (χ4n) is 2.77. The zero-order chi connectivity index (χ0) is 18.3. The van der Waals surface area contributed by atoms with Crippen molar-refractivity contribution in [3.8, 4) is 0 Å². The van der Waals surface area contributed by atoms with Gasteiger partial charge in [-0.25, -0.2) is 0 Å². The molecule has 0 atom stereocenters. The third kappa shape index (κ3) is 5.08. The molecule has 134 valence electrons. The van der Waals surface area contributed by atoms with Crippen LogP contribution >= 0.6 is 0 Å². The molecule has 0 heterocycles. The van der Waals surface area contributed by atoms with E-state index >= 15 is 0 Å². The first-order valence-corrected chi connectivity index (χ1v) is 9.03. The molecule has 0 spiro atoms. The molecule has 2 N–H and O–H groups in total. The van der Waals surface area contributed by atoms with E-state index in [1.807, 2.05) is 27.7 Å². The van der Waals surface area contributed by atoms with Crippen LogP contribution in [-0.4, -0.2) is 11.8 Å². The molecule has 1 rings (SSSR count). The van der Waals surface area contributed by atoms with Gasteiger partial charge >= 0.3 is 0 Å². The topological polar surface area (TPSA) is 58.2 Å². The number of unbranched alkanes of at least 4 members (excludes halogenated alkanes) is 2. The molecule has 0 aliphatic heterocycles. The molecule has 24 heavy (non-hydrogen) atoms. The first-order chi connectivity index (χ1) is 11.3. The van der Waals surface area contributed by atoms with Crippen LogP contribution in [0.15, 0.2) is 0 Å². The number of amides is 2. The summed E-state index contributed by atoms with van der Waals surface area (Å²) in [7, 11) is 0. The van der Waals surface area contributed by atoms with Crippen molar-refractivity contribution in [2.24, 2.45) is 0 Å². The maximum atomic E-state index is 12.1. The summed E-state index contributed by atoms with van der Waals surface area (Å²) in [6.07, 6.45) is 4.89. The lowest BCUT2D eigenvalue weighted by atomic mass is 9.95. The summed E-state index contributed by atoms with van der Waals surface area (Å²) in [5.74, 6) is 0.114. The van der Waals surface area contributed by atoms with Crippen LogP contribution in [0.2, 0.25) is 0 Å². The molecule has 0 aromatic heterocycles. The Morgan fingerprint density at radius 3 is 1.21 bits per heavy atom. The van der Waals surface area contributed by atoms with Crippen molar-refractivity contribution >= 4 is 23.2 Å². The number of rotatable bonds is 8. The highest BCUT2D eigenvalue weighted by molar-refractivity contribution is 5.96. The Labute approximate surface area is 146 Å². The fraction of sp³-hybridized carbons (Fsp3) is 0.600. The molecule has 0 aliphatic rings. The maximum Gasteiger partial charge on any atom is 0.224 e. The summed E-state index contributed by atoms with van der Waals surface area (Å²) in [6.45, 7) is 12.2. The van der Waals surface area contributed by atoms with Crippen molar-refractivity contribution in [2.75, 3.05) is 10.6 Å². The Bertz CT molecular complexity index is 524. The summed E-state index contributed by atoms with van der Waals surface area (Å²) in [6, 6.07) is 0. The van der Waals surface area contributed by atoms with Crippen molar-refractivity contribution in [2.45, 2.75) is 80.1 Å². The van der Waals surface area contributed by atoms with Crippen LogP contribution in [-0.2, 0) is 9.59 Å². The maximum absolute atomic E-state index is 12.1. The molecular formula is C20H32N2O2. The highest BCUT2D eigenvalue weighted by Gasteiger charge is 2.17. The van der Waals surface area contributed by atoms with Gasteiger partial charge in [-0.1, -0.05) is 26.7 Å². The van der Waals surface area contributed by atoms with E-state index in [1.165, 1.54) is 0 Å². The van der Waals surface area contributed by atoms with E-state index in [0.717, 1.165) is 59.3 Å². The van der Waals surface area contributed by atoms with Gasteiger partial charge in [0.1, 0.15) is 0 Å². The average Bonchev–Trinajstić information content (AvgIpc) is 2.57. The zero-order valence-corrected chi connectivity index (χ0v) is 16.1. The van der Waals surface area contributed by atoms with Crippen molar-refractivity contribution in [1.82, 2.24) is 0 Å². The van der Waals surface area contributed by atoms with Gasteiger partial charge in [0.15, 0.2) is 0 Å². The van der Waals surface area contributed by atoms with Crippen molar-refractivity contribution in [3.63, 3.8) is 0 Å². The lowest BCUT2D eigenvalue weighted by Gasteiger charge is -2.21.